The number of anilines is 1. The minimum Gasteiger partial charge on any atom is -0.497 e. The molecule has 0 spiro atoms. The molecule has 1 aliphatic rings. The molecule has 0 bridgehead atoms. The van der Waals surface area contributed by atoms with Crippen LogP contribution in [0, 0.1) is 0 Å². The number of aliphatic hydroxyl groups is 1. The number of nitrogens with one attached hydrogen (secondary N) is 1. The van der Waals surface area contributed by atoms with Crippen molar-refractivity contribution in [2.45, 2.75) is 16.2 Å². The lowest BCUT2D eigenvalue weighted by Gasteiger charge is -2.19. The second-order valence-electron chi connectivity index (χ2n) is 6.46. The van der Waals surface area contributed by atoms with Crippen LogP contribution in [-0.4, -0.2) is 24.2 Å². The molecule has 4 rings (SSSR count). The summed E-state index contributed by atoms with van der Waals surface area (Å²) in [5, 5.41) is 13.5. The Morgan fingerprint density at radius 2 is 1.62 bits per heavy atom. The fourth-order valence-electron chi connectivity index (χ4n) is 2.99. The standard InChI is InChI=1S/C22H18ClNO4S/c1-27-15-6-2-13(3-7-15)21-20(25)22(26)24-18-11-10-17(12-19(18)29-21)28-16-8-4-14(23)5-9-16/h2-12,20-21,25H,1H3,(H,24,26). The summed E-state index contributed by atoms with van der Waals surface area (Å²) in [6, 6.07) is 19.8. The molecule has 3 aromatic carbocycles. The first-order chi connectivity index (χ1) is 14.0. The Morgan fingerprint density at radius 3 is 2.31 bits per heavy atom. The molecule has 29 heavy (non-hydrogen) atoms. The molecule has 7 heteroatoms. The van der Waals surface area contributed by atoms with Crippen LogP contribution in [0.4, 0.5) is 5.69 Å². The molecule has 0 aromatic heterocycles. The number of rotatable bonds is 4. The molecule has 0 radical (unpaired) electrons. The Morgan fingerprint density at radius 1 is 0.966 bits per heavy atom. The minimum absolute atomic E-state index is 0.441. The van der Waals surface area contributed by atoms with Crippen LogP contribution in [0.1, 0.15) is 10.8 Å². The molecule has 1 aliphatic heterocycles. The second-order valence-corrected chi connectivity index (χ2v) is 8.08. The number of hydrogen-bond acceptors (Lipinski definition) is 5. The van der Waals surface area contributed by atoms with E-state index in [9.17, 15) is 9.90 Å². The van der Waals surface area contributed by atoms with Crippen molar-refractivity contribution >= 4 is 35.0 Å². The van der Waals surface area contributed by atoms with E-state index in [-0.39, 0.29) is 0 Å². The molecule has 2 N–H and O–H groups in total. The average molecular weight is 428 g/mol. The largest absolute Gasteiger partial charge is 0.497 e. The molecular weight excluding hydrogens is 410 g/mol. The van der Waals surface area contributed by atoms with E-state index in [1.807, 2.05) is 30.3 Å². The molecule has 2 unspecified atom stereocenters. The normalized spacial score (nSPS) is 18.4. The molecule has 0 aliphatic carbocycles. The lowest BCUT2D eigenvalue weighted by atomic mass is 10.1. The number of carbonyl (C=O) groups excluding carboxylic acids is 1. The first-order valence-electron chi connectivity index (χ1n) is 8.90. The van der Waals surface area contributed by atoms with Crippen molar-refractivity contribution in [3.05, 3.63) is 77.3 Å². The Bertz CT molecular complexity index is 1020. The highest BCUT2D eigenvalue weighted by molar-refractivity contribution is 7.99. The van der Waals surface area contributed by atoms with E-state index in [0.29, 0.717) is 28.0 Å². The summed E-state index contributed by atoms with van der Waals surface area (Å²) in [5.74, 6) is 1.55. The van der Waals surface area contributed by atoms with Gasteiger partial charge >= 0.3 is 0 Å². The van der Waals surface area contributed by atoms with Gasteiger partial charge in [-0.1, -0.05) is 23.7 Å². The number of hydrogen-bond donors (Lipinski definition) is 2. The predicted molar refractivity (Wildman–Crippen MR) is 114 cm³/mol. The number of methoxy groups -OCH3 is 1. The Labute approximate surface area is 177 Å². The number of fused-ring (bicyclic) bond motifs is 1. The maximum Gasteiger partial charge on any atom is 0.254 e. The summed E-state index contributed by atoms with van der Waals surface area (Å²) in [6.07, 6.45) is -1.19. The molecule has 1 heterocycles. The van der Waals surface area contributed by atoms with Crippen LogP contribution < -0.4 is 14.8 Å². The number of carbonyl (C=O) groups is 1. The highest BCUT2D eigenvalue weighted by atomic mass is 35.5. The zero-order valence-corrected chi connectivity index (χ0v) is 17.0. The van der Waals surface area contributed by atoms with Crippen molar-refractivity contribution in [3.63, 3.8) is 0 Å². The van der Waals surface area contributed by atoms with Gasteiger partial charge < -0.3 is 19.9 Å². The lowest BCUT2D eigenvalue weighted by molar-refractivity contribution is -0.124. The van der Waals surface area contributed by atoms with E-state index in [1.165, 1.54) is 11.8 Å². The van der Waals surface area contributed by atoms with Crippen LogP contribution in [0.5, 0.6) is 17.2 Å². The van der Waals surface area contributed by atoms with Crippen LogP contribution in [0.15, 0.2) is 71.6 Å². The van der Waals surface area contributed by atoms with Gasteiger partial charge in [0.15, 0.2) is 0 Å². The molecule has 0 saturated heterocycles. The van der Waals surface area contributed by atoms with Crippen LogP contribution in [0.25, 0.3) is 0 Å². The summed E-state index contributed by atoms with van der Waals surface area (Å²) in [5.41, 5.74) is 1.47. The van der Waals surface area contributed by atoms with Crippen molar-refractivity contribution in [3.8, 4) is 17.2 Å². The zero-order valence-electron chi connectivity index (χ0n) is 15.5. The van der Waals surface area contributed by atoms with Gasteiger partial charge in [0, 0.05) is 9.92 Å². The van der Waals surface area contributed by atoms with Crippen LogP contribution >= 0.6 is 23.4 Å². The number of ether oxygens (including phenoxy) is 2. The number of benzene rings is 3. The molecule has 3 aromatic rings. The summed E-state index contributed by atoms with van der Waals surface area (Å²) < 4.78 is 11.1. The maximum atomic E-state index is 12.4. The fraction of sp³-hybridized carbons (Fsp3) is 0.136. The minimum atomic E-state index is -1.19. The van der Waals surface area contributed by atoms with Crippen molar-refractivity contribution in [2.24, 2.45) is 0 Å². The van der Waals surface area contributed by atoms with Crippen molar-refractivity contribution in [2.75, 3.05) is 12.4 Å². The van der Waals surface area contributed by atoms with Gasteiger partial charge in [0.25, 0.3) is 5.91 Å². The number of thioether (sulfide) groups is 1. The number of aliphatic hydroxyl groups excluding tert-OH is 1. The quantitative estimate of drug-likeness (QED) is 0.592. The van der Waals surface area contributed by atoms with Gasteiger partial charge in [-0.15, -0.1) is 11.8 Å². The van der Waals surface area contributed by atoms with E-state index >= 15 is 0 Å². The molecule has 2 atom stereocenters. The Balaban J connectivity index is 1.64. The molecule has 0 fully saturated rings. The van der Waals surface area contributed by atoms with Gasteiger partial charge in [-0.25, -0.2) is 0 Å². The summed E-state index contributed by atoms with van der Waals surface area (Å²) in [7, 11) is 1.59. The Kier molecular flexibility index (Phi) is 5.67. The predicted octanol–water partition coefficient (Wildman–Crippen LogP) is 5.29. The third kappa shape index (κ3) is 4.34. The van der Waals surface area contributed by atoms with E-state index in [2.05, 4.69) is 5.32 Å². The third-order valence-electron chi connectivity index (χ3n) is 4.51. The molecule has 0 saturated carbocycles. The van der Waals surface area contributed by atoms with Gasteiger partial charge in [-0.3, -0.25) is 4.79 Å². The van der Waals surface area contributed by atoms with Crippen LogP contribution in [-0.2, 0) is 4.79 Å². The smallest absolute Gasteiger partial charge is 0.254 e. The van der Waals surface area contributed by atoms with E-state index < -0.39 is 17.3 Å². The Hall–Kier alpha value is -2.67. The van der Waals surface area contributed by atoms with Gasteiger partial charge in [0.05, 0.1) is 18.0 Å². The number of halogens is 1. The number of amides is 1. The van der Waals surface area contributed by atoms with E-state index in [1.54, 1.807) is 43.5 Å². The van der Waals surface area contributed by atoms with E-state index in [4.69, 9.17) is 21.1 Å². The average Bonchev–Trinajstić information content (AvgIpc) is 2.86. The highest BCUT2D eigenvalue weighted by Crippen LogP contribution is 2.45. The SMILES string of the molecule is COc1ccc(C2Sc3cc(Oc4ccc(Cl)cc4)ccc3NC(=O)C2O)cc1. The summed E-state index contributed by atoms with van der Waals surface area (Å²) in [6.45, 7) is 0. The maximum absolute atomic E-state index is 12.4. The summed E-state index contributed by atoms with van der Waals surface area (Å²) in [4.78, 5) is 13.3. The first-order valence-corrected chi connectivity index (χ1v) is 10.2. The van der Waals surface area contributed by atoms with Gasteiger partial charge in [0.2, 0.25) is 0 Å². The first kappa shape index (κ1) is 19.6. The van der Waals surface area contributed by atoms with Crippen molar-refractivity contribution in [1.29, 1.82) is 0 Å². The highest BCUT2D eigenvalue weighted by Gasteiger charge is 2.33. The lowest BCUT2D eigenvalue weighted by Crippen LogP contribution is -2.30. The van der Waals surface area contributed by atoms with E-state index in [0.717, 1.165) is 10.5 Å². The molecule has 1 amide bonds. The van der Waals surface area contributed by atoms with Crippen molar-refractivity contribution in [1.82, 2.24) is 0 Å². The summed E-state index contributed by atoms with van der Waals surface area (Å²) >= 11 is 7.33. The van der Waals surface area contributed by atoms with Gasteiger partial charge in [-0.05, 0) is 60.2 Å². The topological polar surface area (TPSA) is 67.8 Å². The van der Waals surface area contributed by atoms with Gasteiger partial charge in [0.1, 0.15) is 23.4 Å². The third-order valence-corrected chi connectivity index (χ3v) is 6.14. The fourth-order valence-corrected chi connectivity index (χ4v) is 4.37. The molecular formula is C22H18ClNO4S. The van der Waals surface area contributed by atoms with Crippen LogP contribution in [0.2, 0.25) is 5.02 Å². The van der Waals surface area contributed by atoms with Crippen LogP contribution in [0.3, 0.4) is 0 Å². The molecule has 5 nitrogen and oxygen atoms in total. The zero-order chi connectivity index (χ0) is 20.4. The van der Waals surface area contributed by atoms with Crippen molar-refractivity contribution < 1.29 is 19.4 Å². The molecule has 148 valence electrons. The monoisotopic (exact) mass is 427 g/mol. The second kappa shape index (κ2) is 8.37. The van der Waals surface area contributed by atoms with Gasteiger partial charge in [-0.2, -0.15) is 0 Å².